The molecule has 0 saturated carbocycles. The molecular weight excluding hydrogens is 535 g/mol. The van der Waals surface area contributed by atoms with Crippen LogP contribution in [0.5, 0.6) is 17.2 Å². The van der Waals surface area contributed by atoms with Crippen LogP contribution in [-0.4, -0.2) is 31.3 Å². The normalized spacial score (nSPS) is 11.6. The van der Waals surface area contributed by atoms with Gasteiger partial charge in [0.2, 0.25) is 0 Å². The first-order valence-corrected chi connectivity index (χ1v) is 15.1. The summed E-state index contributed by atoms with van der Waals surface area (Å²) in [5, 5.41) is 0. The molecule has 0 aliphatic heterocycles. The molecule has 3 aromatic carbocycles. The first-order valence-electron chi connectivity index (χ1n) is 15.1. The number of benzene rings is 3. The second-order valence-corrected chi connectivity index (χ2v) is 10.3. The first kappa shape index (κ1) is 32.8. The lowest BCUT2D eigenvalue weighted by molar-refractivity contribution is -0.146. The zero-order chi connectivity index (χ0) is 30.2. The summed E-state index contributed by atoms with van der Waals surface area (Å²) < 4.78 is 36.3. The lowest BCUT2D eigenvalue weighted by Gasteiger charge is -2.12. The van der Waals surface area contributed by atoms with Crippen molar-refractivity contribution in [1.82, 2.24) is 0 Å². The van der Waals surface area contributed by atoms with E-state index in [4.69, 9.17) is 18.9 Å². The fourth-order valence-corrected chi connectivity index (χ4v) is 4.32. The molecule has 0 spiro atoms. The lowest BCUT2D eigenvalue weighted by Crippen LogP contribution is -2.26. The molecule has 42 heavy (non-hydrogen) atoms. The van der Waals surface area contributed by atoms with Crippen molar-refractivity contribution in [3.63, 3.8) is 0 Å². The van der Waals surface area contributed by atoms with Crippen LogP contribution in [0.15, 0.2) is 66.7 Å². The van der Waals surface area contributed by atoms with Crippen LogP contribution in [-0.2, 0) is 9.53 Å². The smallest absolute Gasteiger partial charge is 0.343 e. The number of rotatable bonds is 18. The number of hydrogen-bond donors (Lipinski definition) is 0. The van der Waals surface area contributed by atoms with Crippen LogP contribution < -0.4 is 14.2 Å². The summed E-state index contributed by atoms with van der Waals surface area (Å²) in [6.45, 7) is 6.80. The van der Waals surface area contributed by atoms with Gasteiger partial charge in [0.15, 0.2) is 17.7 Å². The van der Waals surface area contributed by atoms with Crippen molar-refractivity contribution >= 4 is 11.9 Å². The molecule has 0 N–H and O–H groups in total. The standard InChI is InChI=1S/C35H43FO6/c1-4-6-7-8-9-10-11-12-24-40-33-22-21-31(25-32(33)36)42-35(38)29-15-13-27(14-16-29)28-17-19-30(20-18-28)41-34(37)26(3)39-23-5-2/h13-22,25-26H,4-12,23-24H2,1-3H3/t26-/m0/s1. The van der Waals surface area contributed by atoms with Gasteiger partial charge in [0.25, 0.3) is 0 Å². The van der Waals surface area contributed by atoms with Gasteiger partial charge in [0.1, 0.15) is 11.5 Å². The van der Waals surface area contributed by atoms with Gasteiger partial charge in [0.05, 0.1) is 12.2 Å². The number of carbonyl (C=O) groups excluding carboxylic acids is 2. The van der Waals surface area contributed by atoms with Crippen LogP contribution in [0.3, 0.4) is 0 Å². The molecule has 226 valence electrons. The van der Waals surface area contributed by atoms with Gasteiger partial charge in [-0.2, -0.15) is 0 Å². The summed E-state index contributed by atoms with van der Waals surface area (Å²) in [4.78, 5) is 24.8. The third-order valence-corrected chi connectivity index (χ3v) is 6.80. The Morgan fingerprint density at radius 1 is 0.690 bits per heavy atom. The summed E-state index contributed by atoms with van der Waals surface area (Å²) >= 11 is 0. The van der Waals surface area contributed by atoms with Gasteiger partial charge < -0.3 is 18.9 Å². The highest BCUT2D eigenvalue weighted by molar-refractivity contribution is 5.91. The zero-order valence-electron chi connectivity index (χ0n) is 25.0. The van der Waals surface area contributed by atoms with Gasteiger partial charge in [-0.15, -0.1) is 0 Å². The average molecular weight is 579 g/mol. The molecule has 0 fully saturated rings. The Labute approximate surface area is 249 Å². The molecular formula is C35H43FO6. The molecule has 3 rings (SSSR count). The van der Waals surface area contributed by atoms with E-state index in [9.17, 15) is 14.0 Å². The van der Waals surface area contributed by atoms with E-state index in [1.165, 1.54) is 56.7 Å². The number of unbranched alkanes of at least 4 members (excludes halogenated alkanes) is 7. The average Bonchev–Trinajstić information content (AvgIpc) is 3.00. The van der Waals surface area contributed by atoms with Gasteiger partial charge in [-0.05, 0) is 67.3 Å². The minimum atomic E-state index is -0.635. The molecule has 0 bridgehead atoms. The van der Waals surface area contributed by atoms with Crippen molar-refractivity contribution in [3.8, 4) is 28.4 Å². The molecule has 0 amide bonds. The van der Waals surface area contributed by atoms with E-state index < -0.39 is 23.9 Å². The van der Waals surface area contributed by atoms with Gasteiger partial charge in [-0.25, -0.2) is 14.0 Å². The molecule has 3 aromatic rings. The maximum Gasteiger partial charge on any atom is 0.343 e. The molecule has 0 unspecified atom stereocenters. The van der Waals surface area contributed by atoms with Gasteiger partial charge in [-0.1, -0.05) is 83.1 Å². The third kappa shape index (κ3) is 10.9. The van der Waals surface area contributed by atoms with E-state index in [-0.39, 0.29) is 11.5 Å². The lowest BCUT2D eigenvalue weighted by atomic mass is 10.0. The van der Waals surface area contributed by atoms with E-state index in [0.29, 0.717) is 24.5 Å². The summed E-state index contributed by atoms with van der Waals surface area (Å²) in [7, 11) is 0. The highest BCUT2D eigenvalue weighted by atomic mass is 19.1. The van der Waals surface area contributed by atoms with Crippen molar-refractivity contribution in [1.29, 1.82) is 0 Å². The number of hydrogen-bond acceptors (Lipinski definition) is 6. The Hall–Kier alpha value is -3.71. The monoisotopic (exact) mass is 578 g/mol. The predicted octanol–water partition coefficient (Wildman–Crippen LogP) is 8.95. The maximum atomic E-state index is 14.5. The first-order chi connectivity index (χ1) is 20.4. The second kappa shape index (κ2) is 18.0. The highest BCUT2D eigenvalue weighted by Gasteiger charge is 2.16. The summed E-state index contributed by atoms with van der Waals surface area (Å²) in [6.07, 6.45) is 9.66. The molecule has 6 nitrogen and oxygen atoms in total. The van der Waals surface area contributed by atoms with Crippen LogP contribution in [0.25, 0.3) is 11.1 Å². The second-order valence-electron chi connectivity index (χ2n) is 10.3. The molecule has 0 heterocycles. The number of carbonyl (C=O) groups is 2. The van der Waals surface area contributed by atoms with Crippen LogP contribution in [0, 0.1) is 5.82 Å². The van der Waals surface area contributed by atoms with E-state index in [1.54, 1.807) is 43.3 Å². The Morgan fingerprint density at radius 3 is 1.90 bits per heavy atom. The quantitative estimate of drug-likeness (QED) is 0.0852. The largest absolute Gasteiger partial charge is 0.491 e. The fraction of sp³-hybridized carbons (Fsp3) is 0.429. The zero-order valence-corrected chi connectivity index (χ0v) is 25.0. The number of halogens is 1. The summed E-state index contributed by atoms with van der Waals surface area (Å²) in [6, 6.07) is 18.1. The van der Waals surface area contributed by atoms with Crippen LogP contribution in [0.1, 0.15) is 88.9 Å². The van der Waals surface area contributed by atoms with Gasteiger partial charge >= 0.3 is 11.9 Å². The minimum Gasteiger partial charge on any atom is -0.491 e. The van der Waals surface area contributed by atoms with E-state index >= 15 is 0 Å². The Balaban J connectivity index is 1.45. The maximum absolute atomic E-state index is 14.5. The molecule has 0 aliphatic carbocycles. The van der Waals surface area contributed by atoms with Gasteiger partial charge in [-0.3, -0.25) is 0 Å². The summed E-state index contributed by atoms with van der Waals surface area (Å²) in [5.74, 6) is -0.905. The Bertz CT molecular complexity index is 1240. The Kier molecular flexibility index (Phi) is 14.0. The molecule has 7 heteroatoms. The summed E-state index contributed by atoms with van der Waals surface area (Å²) in [5.41, 5.74) is 2.09. The number of esters is 2. The van der Waals surface area contributed by atoms with E-state index in [2.05, 4.69) is 6.92 Å². The van der Waals surface area contributed by atoms with Crippen LogP contribution >= 0.6 is 0 Å². The fourth-order valence-electron chi connectivity index (χ4n) is 4.32. The highest BCUT2D eigenvalue weighted by Crippen LogP contribution is 2.26. The Morgan fingerprint density at radius 2 is 1.29 bits per heavy atom. The molecule has 0 saturated heterocycles. The predicted molar refractivity (Wildman–Crippen MR) is 163 cm³/mol. The van der Waals surface area contributed by atoms with Crippen LogP contribution in [0.4, 0.5) is 4.39 Å². The van der Waals surface area contributed by atoms with Crippen molar-refractivity contribution < 1.29 is 32.9 Å². The van der Waals surface area contributed by atoms with Crippen molar-refractivity contribution in [2.45, 2.75) is 84.7 Å². The third-order valence-electron chi connectivity index (χ3n) is 6.80. The van der Waals surface area contributed by atoms with E-state index in [0.717, 1.165) is 30.4 Å². The number of ether oxygens (including phenoxy) is 4. The van der Waals surface area contributed by atoms with Crippen molar-refractivity contribution in [2.75, 3.05) is 13.2 Å². The molecule has 0 aliphatic rings. The van der Waals surface area contributed by atoms with Gasteiger partial charge in [0, 0.05) is 12.7 Å². The molecule has 0 radical (unpaired) electrons. The van der Waals surface area contributed by atoms with E-state index in [1.807, 2.05) is 19.1 Å². The van der Waals surface area contributed by atoms with Crippen molar-refractivity contribution in [3.05, 3.63) is 78.1 Å². The molecule has 1 atom stereocenters. The van der Waals surface area contributed by atoms with Crippen molar-refractivity contribution in [2.24, 2.45) is 0 Å². The topological polar surface area (TPSA) is 71.1 Å². The molecule has 0 aromatic heterocycles. The van der Waals surface area contributed by atoms with Crippen LogP contribution in [0.2, 0.25) is 0 Å². The minimum absolute atomic E-state index is 0.112. The SMILES string of the molecule is CCCCCCCCCCOc1ccc(OC(=O)c2ccc(-c3ccc(OC(=O)[C@H](C)OCCC)cc3)cc2)cc1F.